The van der Waals surface area contributed by atoms with E-state index in [0.29, 0.717) is 20.9 Å². The van der Waals surface area contributed by atoms with Gasteiger partial charge >= 0.3 is 0 Å². The summed E-state index contributed by atoms with van der Waals surface area (Å²) in [6.45, 7) is 9.55. The smallest absolute Gasteiger partial charge is 0.257 e. The molecule has 0 atom stereocenters. The van der Waals surface area contributed by atoms with Crippen molar-refractivity contribution in [3.05, 3.63) is 78.9 Å². The maximum absolute atomic E-state index is 12.9. The number of anilines is 1. The summed E-state index contributed by atoms with van der Waals surface area (Å²) in [5, 5.41) is 3.18. The van der Waals surface area contributed by atoms with Gasteiger partial charge in [-0.2, -0.15) is 4.31 Å². The zero-order valence-electron chi connectivity index (χ0n) is 16.0. The van der Waals surface area contributed by atoms with Crippen LogP contribution >= 0.6 is 11.3 Å². The Morgan fingerprint density at radius 3 is 2.41 bits per heavy atom. The molecule has 0 fully saturated rings. The molecule has 1 aromatic heterocycles. The Kier molecular flexibility index (Phi) is 6.26. The number of rotatable bonds is 8. The summed E-state index contributed by atoms with van der Waals surface area (Å²) in [5.74, 6) is -0.264. The van der Waals surface area contributed by atoms with E-state index in [0.717, 1.165) is 5.56 Å². The van der Waals surface area contributed by atoms with Crippen molar-refractivity contribution in [2.45, 2.75) is 11.8 Å². The van der Waals surface area contributed by atoms with Gasteiger partial charge in [-0.1, -0.05) is 41.2 Å². The largest absolute Gasteiger partial charge is 0.298 e. The molecule has 1 N–H and O–H groups in total. The van der Waals surface area contributed by atoms with E-state index in [1.165, 1.54) is 33.9 Å². The van der Waals surface area contributed by atoms with Gasteiger partial charge in [0, 0.05) is 18.7 Å². The number of fused-ring (bicyclic) bond motifs is 1. The van der Waals surface area contributed by atoms with Crippen molar-refractivity contribution in [1.82, 2.24) is 9.29 Å². The lowest BCUT2D eigenvalue weighted by molar-refractivity contribution is 0.102. The summed E-state index contributed by atoms with van der Waals surface area (Å²) in [6.07, 6.45) is 3.07. The molecule has 0 radical (unpaired) electrons. The second-order valence-corrected chi connectivity index (χ2v) is 9.34. The summed E-state index contributed by atoms with van der Waals surface area (Å²) >= 11 is 1.23. The Morgan fingerprint density at radius 2 is 1.79 bits per heavy atom. The number of hydrogen-bond acceptors (Lipinski definition) is 5. The number of sulfonamides is 1. The number of aromatic nitrogens is 1. The van der Waals surface area contributed by atoms with Gasteiger partial charge < -0.3 is 0 Å². The highest BCUT2D eigenvalue weighted by atomic mass is 32.2. The number of aryl methyl sites for hydroxylation is 1. The fraction of sp³-hybridized carbons (Fsp3) is 0.143. The molecule has 0 aliphatic rings. The molecule has 1 amide bonds. The highest BCUT2D eigenvalue weighted by molar-refractivity contribution is 7.89. The normalized spacial score (nSPS) is 11.5. The molecule has 0 spiro atoms. The lowest BCUT2D eigenvalue weighted by Gasteiger charge is -2.18. The molecule has 0 bridgehead atoms. The first-order valence-corrected chi connectivity index (χ1v) is 11.1. The van der Waals surface area contributed by atoms with Gasteiger partial charge in [-0.15, -0.1) is 13.2 Å². The third-order valence-corrected chi connectivity index (χ3v) is 6.96. The third kappa shape index (κ3) is 4.61. The number of carbonyl (C=O) groups excluding carboxylic acids is 1. The zero-order chi connectivity index (χ0) is 21.0. The number of nitrogens with one attached hydrogen (secondary N) is 1. The average Bonchev–Trinajstić information content (AvgIpc) is 3.09. The molecular weight excluding hydrogens is 406 g/mol. The lowest BCUT2D eigenvalue weighted by atomic mass is 10.1. The number of nitrogens with zero attached hydrogens (tertiary/aromatic N) is 2. The van der Waals surface area contributed by atoms with E-state index in [1.54, 1.807) is 24.3 Å². The van der Waals surface area contributed by atoms with Crippen molar-refractivity contribution in [3.8, 4) is 0 Å². The van der Waals surface area contributed by atoms with Crippen LogP contribution in [0.25, 0.3) is 10.2 Å². The van der Waals surface area contributed by atoms with E-state index in [1.807, 2.05) is 19.1 Å². The summed E-state index contributed by atoms with van der Waals surface area (Å²) in [5.41, 5.74) is 2.21. The van der Waals surface area contributed by atoms with Crippen LogP contribution in [0.3, 0.4) is 0 Å². The van der Waals surface area contributed by atoms with Gasteiger partial charge in [0.1, 0.15) is 0 Å². The summed E-state index contributed by atoms with van der Waals surface area (Å²) < 4.78 is 27.8. The first-order chi connectivity index (χ1) is 13.8. The van der Waals surface area contributed by atoms with Crippen molar-refractivity contribution >= 4 is 42.6 Å². The molecule has 1 heterocycles. The number of thiazole rings is 1. The Hall–Kier alpha value is -2.81. The van der Waals surface area contributed by atoms with Crippen molar-refractivity contribution in [2.75, 3.05) is 18.4 Å². The predicted molar refractivity (Wildman–Crippen MR) is 118 cm³/mol. The predicted octanol–water partition coefficient (Wildman–Crippen LogP) is 4.22. The molecule has 0 unspecified atom stereocenters. The van der Waals surface area contributed by atoms with E-state index >= 15 is 0 Å². The number of benzene rings is 2. The second-order valence-electron chi connectivity index (χ2n) is 6.37. The SMILES string of the molecule is C=CCN(CC=C)S(=O)(=O)c1ccc2nc(NC(=O)c3ccc(C)cc3)sc2c1. The maximum atomic E-state index is 12.9. The van der Waals surface area contributed by atoms with Gasteiger partial charge in [0.15, 0.2) is 5.13 Å². The summed E-state index contributed by atoms with van der Waals surface area (Å²) in [4.78, 5) is 16.9. The molecule has 2 aromatic carbocycles. The van der Waals surface area contributed by atoms with Crippen LogP contribution in [0.2, 0.25) is 0 Å². The van der Waals surface area contributed by atoms with Crippen LogP contribution in [0.4, 0.5) is 5.13 Å². The number of amides is 1. The molecule has 3 aromatic rings. The summed E-state index contributed by atoms with van der Waals surface area (Å²) in [7, 11) is -3.70. The highest BCUT2D eigenvalue weighted by Crippen LogP contribution is 2.29. The quantitative estimate of drug-likeness (QED) is 0.546. The topological polar surface area (TPSA) is 79.4 Å². The minimum atomic E-state index is -3.70. The van der Waals surface area contributed by atoms with Crippen molar-refractivity contribution in [2.24, 2.45) is 0 Å². The van der Waals surface area contributed by atoms with Gasteiger partial charge in [0.25, 0.3) is 5.91 Å². The third-order valence-electron chi connectivity index (χ3n) is 4.20. The van der Waals surface area contributed by atoms with Crippen LogP contribution in [0, 0.1) is 6.92 Å². The molecule has 3 rings (SSSR count). The Balaban J connectivity index is 1.87. The molecular formula is C21H21N3O3S2. The minimum absolute atomic E-state index is 0.161. The fourth-order valence-corrected chi connectivity index (χ4v) is 5.08. The first-order valence-electron chi connectivity index (χ1n) is 8.85. The van der Waals surface area contributed by atoms with Crippen LogP contribution in [0.1, 0.15) is 15.9 Å². The van der Waals surface area contributed by atoms with Gasteiger partial charge in [-0.25, -0.2) is 13.4 Å². The first kappa shape index (κ1) is 20.9. The Bertz CT molecular complexity index is 1160. The van der Waals surface area contributed by atoms with Gasteiger partial charge in [-0.3, -0.25) is 10.1 Å². The highest BCUT2D eigenvalue weighted by Gasteiger charge is 2.23. The Morgan fingerprint density at radius 1 is 1.14 bits per heavy atom. The fourth-order valence-electron chi connectivity index (χ4n) is 2.70. The van der Waals surface area contributed by atoms with E-state index in [2.05, 4.69) is 23.5 Å². The molecule has 29 heavy (non-hydrogen) atoms. The van der Waals surface area contributed by atoms with Crippen molar-refractivity contribution in [3.63, 3.8) is 0 Å². The minimum Gasteiger partial charge on any atom is -0.298 e. The summed E-state index contributed by atoms with van der Waals surface area (Å²) in [6, 6.07) is 11.9. The maximum Gasteiger partial charge on any atom is 0.257 e. The van der Waals surface area contributed by atoms with E-state index < -0.39 is 10.0 Å². The van der Waals surface area contributed by atoms with E-state index in [9.17, 15) is 13.2 Å². The molecule has 0 saturated carbocycles. The molecule has 0 aliphatic heterocycles. The van der Waals surface area contributed by atoms with Crippen molar-refractivity contribution in [1.29, 1.82) is 0 Å². The van der Waals surface area contributed by atoms with Crippen LogP contribution < -0.4 is 5.32 Å². The van der Waals surface area contributed by atoms with Gasteiger partial charge in [-0.05, 0) is 37.3 Å². The monoisotopic (exact) mass is 427 g/mol. The van der Waals surface area contributed by atoms with Gasteiger partial charge in [0.2, 0.25) is 10.0 Å². The lowest BCUT2D eigenvalue weighted by Crippen LogP contribution is -2.31. The molecule has 150 valence electrons. The van der Waals surface area contributed by atoms with Crippen molar-refractivity contribution < 1.29 is 13.2 Å². The molecule has 0 aliphatic carbocycles. The van der Waals surface area contributed by atoms with Crippen LogP contribution in [-0.2, 0) is 10.0 Å². The van der Waals surface area contributed by atoms with E-state index in [4.69, 9.17) is 0 Å². The molecule has 6 nitrogen and oxygen atoms in total. The zero-order valence-corrected chi connectivity index (χ0v) is 17.6. The second kappa shape index (κ2) is 8.69. The standard InChI is InChI=1S/C21H21N3O3S2/c1-4-12-24(13-5-2)29(26,27)17-10-11-18-19(14-17)28-21(22-18)23-20(25)16-8-6-15(3)7-9-16/h4-11,14H,1-2,12-13H2,3H3,(H,22,23,25). The van der Waals surface area contributed by atoms with Crippen LogP contribution in [0.5, 0.6) is 0 Å². The Labute approximate surface area is 174 Å². The molecule has 8 heteroatoms. The van der Waals surface area contributed by atoms with E-state index in [-0.39, 0.29) is 23.9 Å². The number of carbonyl (C=O) groups is 1. The number of hydrogen-bond donors (Lipinski definition) is 1. The van der Waals surface area contributed by atoms with Gasteiger partial charge in [0.05, 0.1) is 15.1 Å². The average molecular weight is 428 g/mol. The molecule has 0 saturated heterocycles. The van der Waals surface area contributed by atoms with Crippen LogP contribution in [0.15, 0.2) is 72.7 Å². The van der Waals surface area contributed by atoms with Crippen LogP contribution in [-0.4, -0.2) is 36.7 Å².